The monoisotopic (exact) mass is 326 g/mol. The van der Waals surface area contributed by atoms with Crippen LogP contribution in [0.4, 0.5) is 0 Å². The van der Waals surface area contributed by atoms with Crippen molar-refractivity contribution in [2.24, 2.45) is 0 Å². The summed E-state index contributed by atoms with van der Waals surface area (Å²) in [6, 6.07) is 13.4. The fraction of sp³-hybridized carbons (Fsp3) is 0.222. The average molecular weight is 326 g/mol. The second kappa shape index (κ2) is 6.38. The SMILES string of the molecule is Cc1ccc(-n2nc(C(C)C)cc2OC(=O)c2cccs2)cc1. The molecule has 0 spiro atoms. The Hall–Kier alpha value is -2.40. The van der Waals surface area contributed by atoms with Crippen molar-refractivity contribution in [2.45, 2.75) is 26.7 Å². The third kappa shape index (κ3) is 3.35. The molecule has 0 saturated heterocycles. The van der Waals surface area contributed by atoms with Crippen molar-refractivity contribution in [1.29, 1.82) is 0 Å². The van der Waals surface area contributed by atoms with Crippen molar-refractivity contribution in [3.8, 4) is 11.6 Å². The van der Waals surface area contributed by atoms with E-state index < -0.39 is 0 Å². The van der Waals surface area contributed by atoms with Crippen molar-refractivity contribution in [3.05, 3.63) is 64.0 Å². The number of rotatable bonds is 4. The Labute approximate surface area is 139 Å². The predicted octanol–water partition coefficient (Wildman–Crippen LogP) is 4.58. The van der Waals surface area contributed by atoms with Crippen LogP contribution in [-0.2, 0) is 0 Å². The normalized spacial score (nSPS) is 11.0. The lowest BCUT2D eigenvalue weighted by Gasteiger charge is -2.07. The molecule has 118 valence electrons. The molecule has 4 nitrogen and oxygen atoms in total. The first kappa shape index (κ1) is 15.5. The smallest absolute Gasteiger partial charge is 0.355 e. The summed E-state index contributed by atoms with van der Waals surface area (Å²) in [4.78, 5) is 12.8. The van der Waals surface area contributed by atoms with Crippen LogP contribution in [0.5, 0.6) is 5.88 Å². The van der Waals surface area contributed by atoms with Gasteiger partial charge in [-0.2, -0.15) is 5.10 Å². The fourth-order valence-electron chi connectivity index (χ4n) is 2.15. The summed E-state index contributed by atoms with van der Waals surface area (Å²) in [5.74, 6) is 0.334. The lowest BCUT2D eigenvalue weighted by Crippen LogP contribution is -2.10. The molecule has 2 heterocycles. The molecule has 3 aromatic rings. The van der Waals surface area contributed by atoms with Crippen LogP contribution < -0.4 is 4.74 Å². The summed E-state index contributed by atoms with van der Waals surface area (Å²) < 4.78 is 7.26. The van der Waals surface area contributed by atoms with Gasteiger partial charge in [0.15, 0.2) is 0 Å². The molecule has 2 aromatic heterocycles. The molecule has 0 aliphatic rings. The third-order valence-corrected chi connectivity index (χ3v) is 4.34. The maximum atomic E-state index is 12.2. The van der Waals surface area contributed by atoms with E-state index in [2.05, 4.69) is 18.9 Å². The first-order valence-corrected chi connectivity index (χ1v) is 8.35. The Kier molecular flexibility index (Phi) is 4.30. The summed E-state index contributed by atoms with van der Waals surface area (Å²) in [7, 11) is 0. The van der Waals surface area contributed by atoms with E-state index in [1.54, 1.807) is 10.7 Å². The zero-order chi connectivity index (χ0) is 16.4. The lowest BCUT2D eigenvalue weighted by molar-refractivity contribution is 0.0728. The van der Waals surface area contributed by atoms with Crippen LogP contribution in [0.1, 0.15) is 40.7 Å². The highest BCUT2D eigenvalue weighted by Gasteiger charge is 2.17. The van der Waals surface area contributed by atoms with Crippen molar-refractivity contribution in [1.82, 2.24) is 9.78 Å². The van der Waals surface area contributed by atoms with Crippen LogP contribution in [0, 0.1) is 6.92 Å². The molecule has 0 N–H and O–H groups in total. The van der Waals surface area contributed by atoms with Gasteiger partial charge in [-0.1, -0.05) is 37.6 Å². The summed E-state index contributed by atoms with van der Waals surface area (Å²) in [5, 5.41) is 6.44. The molecule has 0 radical (unpaired) electrons. The number of ether oxygens (including phenoxy) is 1. The van der Waals surface area contributed by atoms with Crippen LogP contribution in [0.15, 0.2) is 47.8 Å². The van der Waals surface area contributed by atoms with Crippen LogP contribution in [0.3, 0.4) is 0 Å². The molecule has 0 unspecified atom stereocenters. The third-order valence-electron chi connectivity index (χ3n) is 3.49. The summed E-state index contributed by atoms with van der Waals surface area (Å²) in [5.41, 5.74) is 2.93. The predicted molar refractivity (Wildman–Crippen MR) is 91.7 cm³/mol. The number of aryl methyl sites for hydroxylation is 1. The van der Waals surface area contributed by atoms with Crippen LogP contribution in [0.25, 0.3) is 5.69 Å². The number of carbonyl (C=O) groups excluding carboxylic acids is 1. The minimum Gasteiger partial charge on any atom is -0.403 e. The van der Waals surface area contributed by atoms with Gasteiger partial charge in [0.2, 0.25) is 5.88 Å². The molecule has 0 amide bonds. The quantitative estimate of drug-likeness (QED) is 0.659. The van der Waals surface area contributed by atoms with Crippen LogP contribution in [-0.4, -0.2) is 15.7 Å². The highest BCUT2D eigenvalue weighted by molar-refractivity contribution is 7.12. The van der Waals surface area contributed by atoms with Crippen molar-refractivity contribution in [3.63, 3.8) is 0 Å². The van der Waals surface area contributed by atoms with E-state index >= 15 is 0 Å². The van der Waals surface area contributed by atoms with Gasteiger partial charge in [0, 0.05) is 6.07 Å². The van der Waals surface area contributed by atoms with Gasteiger partial charge in [-0.05, 0) is 36.4 Å². The van der Waals surface area contributed by atoms with E-state index in [-0.39, 0.29) is 11.9 Å². The van der Waals surface area contributed by atoms with E-state index in [4.69, 9.17) is 4.74 Å². The number of thiophene rings is 1. The average Bonchev–Trinajstić information content (AvgIpc) is 3.17. The first-order chi connectivity index (χ1) is 11.0. The molecule has 0 atom stereocenters. The largest absolute Gasteiger partial charge is 0.403 e. The highest BCUT2D eigenvalue weighted by atomic mass is 32.1. The van der Waals surface area contributed by atoms with Crippen molar-refractivity contribution in [2.75, 3.05) is 0 Å². The number of esters is 1. The summed E-state index contributed by atoms with van der Waals surface area (Å²) in [6.45, 7) is 6.16. The zero-order valence-electron chi connectivity index (χ0n) is 13.3. The molecular weight excluding hydrogens is 308 g/mol. The molecular formula is C18H18N2O2S. The molecule has 0 aliphatic heterocycles. The maximum Gasteiger partial charge on any atom is 0.355 e. The van der Waals surface area contributed by atoms with Gasteiger partial charge in [-0.15, -0.1) is 11.3 Å². The highest BCUT2D eigenvalue weighted by Crippen LogP contribution is 2.25. The fourth-order valence-corrected chi connectivity index (χ4v) is 2.75. The second-order valence-corrected chi connectivity index (χ2v) is 6.62. The standard InChI is InChI=1S/C18H18N2O2S/c1-12(2)15-11-17(22-18(21)16-5-4-10-23-16)20(19-15)14-8-6-13(3)7-9-14/h4-12H,1-3H3. The van der Waals surface area contributed by atoms with Gasteiger partial charge in [-0.3, -0.25) is 0 Å². The second-order valence-electron chi connectivity index (χ2n) is 5.68. The summed E-state index contributed by atoms with van der Waals surface area (Å²) >= 11 is 1.36. The lowest BCUT2D eigenvalue weighted by atomic mass is 10.1. The molecule has 23 heavy (non-hydrogen) atoms. The minimum absolute atomic E-state index is 0.251. The van der Waals surface area contributed by atoms with Gasteiger partial charge < -0.3 is 4.74 Å². The van der Waals surface area contributed by atoms with Gasteiger partial charge in [0.25, 0.3) is 0 Å². The van der Waals surface area contributed by atoms with Gasteiger partial charge in [0.1, 0.15) is 4.88 Å². The Morgan fingerprint density at radius 2 is 1.96 bits per heavy atom. The molecule has 1 aromatic carbocycles. The molecule has 0 aliphatic carbocycles. The Bertz CT molecular complexity index is 802. The maximum absolute atomic E-state index is 12.2. The molecule has 0 fully saturated rings. The topological polar surface area (TPSA) is 44.1 Å². The first-order valence-electron chi connectivity index (χ1n) is 7.47. The number of hydrogen-bond donors (Lipinski definition) is 0. The molecule has 0 bridgehead atoms. The van der Waals surface area contributed by atoms with Crippen LogP contribution >= 0.6 is 11.3 Å². The minimum atomic E-state index is -0.358. The van der Waals surface area contributed by atoms with Gasteiger partial charge in [-0.25, -0.2) is 9.48 Å². The van der Waals surface area contributed by atoms with E-state index in [9.17, 15) is 4.79 Å². The Morgan fingerprint density at radius 1 is 1.22 bits per heavy atom. The van der Waals surface area contributed by atoms with E-state index in [0.29, 0.717) is 10.8 Å². The number of carbonyl (C=O) groups is 1. The molecule has 3 rings (SSSR count). The molecule has 0 saturated carbocycles. The molecule has 5 heteroatoms. The Morgan fingerprint density at radius 3 is 2.57 bits per heavy atom. The zero-order valence-corrected chi connectivity index (χ0v) is 14.1. The van der Waals surface area contributed by atoms with E-state index in [0.717, 1.165) is 11.4 Å². The van der Waals surface area contributed by atoms with Crippen LogP contribution in [0.2, 0.25) is 0 Å². The number of hydrogen-bond acceptors (Lipinski definition) is 4. The van der Waals surface area contributed by atoms with Crippen molar-refractivity contribution >= 4 is 17.3 Å². The number of nitrogens with zero attached hydrogens (tertiary/aromatic N) is 2. The van der Waals surface area contributed by atoms with E-state index in [1.807, 2.05) is 48.7 Å². The Balaban J connectivity index is 1.97. The number of aromatic nitrogens is 2. The summed E-state index contributed by atoms with van der Waals surface area (Å²) in [6.07, 6.45) is 0. The van der Waals surface area contributed by atoms with Crippen molar-refractivity contribution < 1.29 is 9.53 Å². The van der Waals surface area contributed by atoms with E-state index in [1.165, 1.54) is 16.9 Å². The van der Waals surface area contributed by atoms with Gasteiger partial charge >= 0.3 is 5.97 Å². The number of benzene rings is 1. The van der Waals surface area contributed by atoms with Gasteiger partial charge in [0.05, 0.1) is 11.4 Å².